The van der Waals surface area contributed by atoms with Crippen LogP contribution in [0.15, 0.2) is 35.1 Å². The number of aromatic nitrogens is 2. The van der Waals surface area contributed by atoms with Crippen LogP contribution in [0.25, 0.3) is 10.2 Å². The first-order valence-corrected chi connectivity index (χ1v) is 11.0. The smallest absolute Gasteiger partial charge is 0.259 e. The van der Waals surface area contributed by atoms with E-state index in [0.29, 0.717) is 25.5 Å². The maximum Gasteiger partial charge on any atom is 0.259 e. The van der Waals surface area contributed by atoms with E-state index >= 15 is 0 Å². The maximum absolute atomic E-state index is 12.6. The second-order valence-electron chi connectivity index (χ2n) is 7.53. The SMILES string of the molecule is CCN(Cc1nc2sc3c(c2c(=O)[nH]1)CCC3)CC(O)COCc1ccccc1. The standard InChI is InChI=1S/C22H27N3O3S/c1-2-25(11-16(26)14-28-13-15-7-4-3-5-8-15)12-19-23-21(27)20-17-9-6-10-18(17)29-22(20)24-19/h3-5,7-8,16,26H,2,6,9-14H2,1H3,(H,23,24,27). The van der Waals surface area contributed by atoms with Crippen molar-refractivity contribution in [2.45, 2.75) is 45.4 Å². The Morgan fingerprint density at radius 1 is 1.31 bits per heavy atom. The van der Waals surface area contributed by atoms with Gasteiger partial charge in [0.1, 0.15) is 10.7 Å². The van der Waals surface area contributed by atoms with E-state index in [9.17, 15) is 9.90 Å². The molecule has 0 radical (unpaired) electrons. The molecule has 0 aliphatic heterocycles. The molecule has 154 valence electrons. The summed E-state index contributed by atoms with van der Waals surface area (Å²) in [6.45, 7) is 4.50. The molecule has 2 N–H and O–H groups in total. The highest BCUT2D eigenvalue weighted by atomic mass is 32.1. The number of aryl methyl sites for hydroxylation is 2. The number of hydrogen-bond donors (Lipinski definition) is 2. The van der Waals surface area contributed by atoms with Crippen LogP contribution in [0.1, 0.15) is 35.2 Å². The molecule has 0 fully saturated rings. The van der Waals surface area contributed by atoms with Crippen molar-refractivity contribution in [3.63, 3.8) is 0 Å². The number of likely N-dealkylation sites (N-methyl/N-ethyl adjacent to an activating group) is 1. The molecule has 7 heteroatoms. The van der Waals surface area contributed by atoms with Gasteiger partial charge in [-0.2, -0.15) is 0 Å². The van der Waals surface area contributed by atoms with Crippen LogP contribution in [0.3, 0.4) is 0 Å². The van der Waals surface area contributed by atoms with E-state index < -0.39 is 6.10 Å². The Labute approximate surface area is 174 Å². The number of aliphatic hydroxyl groups is 1. The van der Waals surface area contributed by atoms with Crippen molar-refractivity contribution in [3.05, 3.63) is 62.5 Å². The zero-order valence-electron chi connectivity index (χ0n) is 16.7. The molecule has 4 rings (SSSR count). The molecule has 1 atom stereocenters. The van der Waals surface area contributed by atoms with Crippen LogP contribution < -0.4 is 5.56 Å². The van der Waals surface area contributed by atoms with Crippen LogP contribution in [0, 0.1) is 0 Å². The lowest BCUT2D eigenvalue weighted by Gasteiger charge is -2.23. The van der Waals surface area contributed by atoms with Crippen LogP contribution in [0.2, 0.25) is 0 Å². The normalized spacial score (nSPS) is 14.6. The van der Waals surface area contributed by atoms with Crippen molar-refractivity contribution >= 4 is 21.6 Å². The van der Waals surface area contributed by atoms with E-state index in [0.717, 1.165) is 41.6 Å². The van der Waals surface area contributed by atoms with Gasteiger partial charge < -0.3 is 14.8 Å². The van der Waals surface area contributed by atoms with Gasteiger partial charge in [0.15, 0.2) is 0 Å². The van der Waals surface area contributed by atoms with Gasteiger partial charge in [-0.05, 0) is 36.9 Å². The third-order valence-corrected chi connectivity index (χ3v) is 6.52. The van der Waals surface area contributed by atoms with Crippen LogP contribution in [-0.4, -0.2) is 45.8 Å². The second-order valence-corrected chi connectivity index (χ2v) is 8.62. The molecule has 6 nitrogen and oxygen atoms in total. The second kappa shape index (κ2) is 9.17. The third-order valence-electron chi connectivity index (χ3n) is 5.34. The number of H-pyrrole nitrogens is 1. The number of aromatic amines is 1. The minimum absolute atomic E-state index is 0.0350. The first-order valence-electron chi connectivity index (χ1n) is 10.2. The van der Waals surface area contributed by atoms with Gasteiger partial charge in [0.2, 0.25) is 0 Å². The Morgan fingerprint density at radius 3 is 2.93 bits per heavy atom. The number of benzene rings is 1. The van der Waals surface area contributed by atoms with Gasteiger partial charge in [-0.1, -0.05) is 37.3 Å². The summed E-state index contributed by atoms with van der Waals surface area (Å²) in [6, 6.07) is 9.92. The summed E-state index contributed by atoms with van der Waals surface area (Å²) >= 11 is 1.65. The molecule has 3 aromatic rings. The zero-order valence-corrected chi connectivity index (χ0v) is 17.5. The fourth-order valence-corrected chi connectivity index (χ4v) is 5.16. The summed E-state index contributed by atoms with van der Waals surface area (Å²) in [7, 11) is 0. The number of rotatable bonds is 9. The minimum Gasteiger partial charge on any atom is -0.389 e. The number of fused-ring (bicyclic) bond motifs is 3. The predicted molar refractivity (Wildman–Crippen MR) is 115 cm³/mol. The molecule has 1 aliphatic rings. The van der Waals surface area contributed by atoms with Gasteiger partial charge in [-0.3, -0.25) is 9.69 Å². The Bertz CT molecular complexity index is 1020. The molecule has 29 heavy (non-hydrogen) atoms. The van der Waals surface area contributed by atoms with E-state index in [-0.39, 0.29) is 12.2 Å². The summed E-state index contributed by atoms with van der Waals surface area (Å²) in [4.78, 5) is 24.5. The maximum atomic E-state index is 12.6. The number of nitrogens with one attached hydrogen (secondary N) is 1. The van der Waals surface area contributed by atoms with Crippen molar-refractivity contribution in [1.82, 2.24) is 14.9 Å². The van der Waals surface area contributed by atoms with Crippen molar-refractivity contribution in [2.24, 2.45) is 0 Å². The Hall–Kier alpha value is -2.06. The molecule has 0 saturated carbocycles. The molecular weight excluding hydrogens is 386 g/mol. The van der Waals surface area contributed by atoms with Crippen molar-refractivity contribution < 1.29 is 9.84 Å². The molecule has 1 aliphatic carbocycles. The summed E-state index contributed by atoms with van der Waals surface area (Å²) in [5, 5.41) is 11.1. The quantitative estimate of drug-likeness (QED) is 0.564. The van der Waals surface area contributed by atoms with E-state index in [1.54, 1.807) is 11.3 Å². The van der Waals surface area contributed by atoms with Gasteiger partial charge in [0, 0.05) is 11.4 Å². The number of hydrogen-bond acceptors (Lipinski definition) is 6. The van der Waals surface area contributed by atoms with Crippen LogP contribution in [0.5, 0.6) is 0 Å². The molecule has 0 amide bonds. The molecule has 0 bridgehead atoms. The number of nitrogens with zero attached hydrogens (tertiary/aromatic N) is 2. The highest BCUT2D eigenvalue weighted by Gasteiger charge is 2.21. The summed E-state index contributed by atoms with van der Waals surface area (Å²) in [5.41, 5.74) is 2.25. The van der Waals surface area contributed by atoms with Crippen LogP contribution >= 0.6 is 11.3 Å². The Kier molecular flexibility index (Phi) is 6.40. The summed E-state index contributed by atoms with van der Waals surface area (Å²) < 4.78 is 5.64. The Morgan fingerprint density at radius 2 is 2.14 bits per heavy atom. The lowest BCUT2D eigenvalue weighted by Crippen LogP contribution is -2.35. The first-order chi connectivity index (χ1) is 14.1. The van der Waals surface area contributed by atoms with Gasteiger partial charge in [0.25, 0.3) is 5.56 Å². The highest BCUT2D eigenvalue weighted by molar-refractivity contribution is 7.18. The van der Waals surface area contributed by atoms with E-state index in [2.05, 4.69) is 9.88 Å². The average Bonchev–Trinajstić information content (AvgIpc) is 3.29. The molecule has 0 spiro atoms. The highest BCUT2D eigenvalue weighted by Crippen LogP contribution is 2.34. The van der Waals surface area contributed by atoms with Crippen LogP contribution in [-0.2, 0) is 30.7 Å². The monoisotopic (exact) mass is 413 g/mol. The van der Waals surface area contributed by atoms with E-state index in [1.165, 1.54) is 10.4 Å². The molecule has 2 aromatic heterocycles. The molecule has 1 aromatic carbocycles. The first kappa shape index (κ1) is 20.2. The molecule has 1 unspecified atom stereocenters. The van der Waals surface area contributed by atoms with Crippen LogP contribution in [0.4, 0.5) is 0 Å². The zero-order chi connectivity index (χ0) is 20.2. The number of thiophene rings is 1. The lowest BCUT2D eigenvalue weighted by molar-refractivity contribution is 0.00905. The molecule has 0 saturated heterocycles. The summed E-state index contributed by atoms with van der Waals surface area (Å²) in [5.74, 6) is 0.654. The average molecular weight is 414 g/mol. The third kappa shape index (κ3) is 4.75. The fourth-order valence-electron chi connectivity index (χ4n) is 3.88. The van der Waals surface area contributed by atoms with Gasteiger partial charge in [-0.25, -0.2) is 4.98 Å². The number of aliphatic hydroxyl groups excluding tert-OH is 1. The molecular formula is C22H27N3O3S. The predicted octanol–water partition coefficient (Wildman–Crippen LogP) is 2.87. The van der Waals surface area contributed by atoms with E-state index in [4.69, 9.17) is 9.72 Å². The van der Waals surface area contributed by atoms with Gasteiger partial charge >= 0.3 is 0 Å². The fraction of sp³-hybridized carbons (Fsp3) is 0.455. The topological polar surface area (TPSA) is 78.5 Å². The number of ether oxygens (including phenoxy) is 1. The van der Waals surface area contributed by atoms with Gasteiger partial charge in [0.05, 0.1) is 31.2 Å². The van der Waals surface area contributed by atoms with Crippen molar-refractivity contribution in [2.75, 3.05) is 19.7 Å². The van der Waals surface area contributed by atoms with Crippen molar-refractivity contribution in [3.8, 4) is 0 Å². The largest absolute Gasteiger partial charge is 0.389 e. The summed E-state index contributed by atoms with van der Waals surface area (Å²) in [6.07, 6.45) is 2.57. The molecule has 2 heterocycles. The van der Waals surface area contributed by atoms with Gasteiger partial charge in [-0.15, -0.1) is 11.3 Å². The van der Waals surface area contributed by atoms with E-state index in [1.807, 2.05) is 37.3 Å². The van der Waals surface area contributed by atoms with Crippen molar-refractivity contribution in [1.29, 1.82) is 0 Å². The lowest BCUT2D eigenvalue weighted by atomic mass is 10.2. The Balaban J connectivity index is 1.35. The minimum atomic E-state index is -0.598.